The van der Waals surface area contributed by atoms with Crippen LogP contribution in [-0.2, 0) is 20.2 Å². The van der Waals surface area contributed by atoms with Crippen molar-refractivity contribution in [3.63, 3.8) is 0 Å². The SMILES string of the molecule is Cc1ccccc1N=c1[nH]c(N(CCO)CCO)nc(=Nc2ccc(/C=C/c3ccc(N=c4nc(N(CCO)CCO)[nH]c(=Nc5ccccc5C)[nH]4)cc3S(=O)(=O)[O-])c(S(=O)(=O)[O-])c2)[nH]1.[Na+].[Na+]. The minimum absolute atomic E-state index is 0. The smallest absolute Gasteiger partial charge is 0.744 e. The Balaban J connectivity index is 0.00000504. The zero-order valence-electron chi connectivity index (χ0n) is 37.5. The van der Waals surface area contributed by atoms with Gasteiger partial charge < -0.3 is 39.3 Å². The Morgan fingerprint density at radius 1 is 0.544 bits per heavy atom. The quantitative estimate of drug-likeness (QED) is 0.0227. The van der Waals surface area contributed by atoms with Gasteiger partial charge in [-0.25, -0.2) is 36.8 Å². The molecule has 0 unspecified atom stereocenters. The second kappa shape index (κ2) is 25.6. The molecule has 0 aliphatic heterocycles. The van der Waals surface area contributed by atoms with Crippen molar-refractivity contribution in [2.75, 3.05) is 62.4 Å². The molecule has 0 amide bonds. The van der Waals surface area contributed by atoms with E-state index in [9.17, 15) is 46.4 Å². The number of rotatable bonds is 18. The molecule has 6 aromatic rings. The van der Waals surface area contributed by atoms with Crippen molar-refractivity contribution in [2.45, 2.75) is 23.6 Å². The number of hydrogen-bond donors (Lipinski definition) is 8. The van der Waals surface area contributed by atoms with Crippen molar-refractivity contribution in [3.8, 4) is 0 Å². The zero-order valence-corrected chi connectivity index (χ0v) is 43.2. The predicted octanol–water partition coefficient (Wildman–Crippen LogP) is -5.10. The number of aliphatic hydroxyl groups excluding tert-OH is 4. The number of H-pyrrole nitrogens is 4. The molecule has 0 spiro atoms. The van der Waals surface area contributed by atoms with E-state index < -0.39 is 30.0 Å². The van der Waals surface area contributed by atoms with Crippen LogP contribution in [0.3, 0.4) is 0 Å². The van der Waals surface area contributed by atoms with Gasteiger partial charge in [-0.1, -0.05) is 60.7 Å². The van der Waals surface area contributed by atoms with E-state index in [-0.39, 0.29) is 169 Å². The van der Waals surface area contributed by atoms with E-state index in [1.807, 2.05) is 38.1 Å². The van der Waals surface area contributed by atoms with E-state index in [1.54, 1.807) is 34.1 Å². The first kappa shape index (κ1) is 55.7. The number of aliphatic hydroxyl groups is 4. The van der Waals surface area contributed by atoms with E-state index in [1.165, 1.54) is 24.3 Å². The van der Waals surface area contributed by atoms with Crippen LogP contribution >= 0.6 is 0 Å². The standard InChI is InChI=1S/C42H48N12O10S2.2Na/c1-27-7-3-5-9-33(27)45-39-47-37(49-41(51-39)53(17-21-55)18-22-56)43-31-15-13-29(35(25-31)65(59,60)61)11-12-30-14-16-32(26-36(30)66(62,63)64)44-38-48-40(46-34-10-6-4-8-28(34)2)52-42(50-38)54(19-23-57)20-24-58;;/h3-16,25-26,55-58H,17-24H2,1-2H3,(H,59,60,61)(H,62,63,64)(H2,43,45,47,49,51)(H2,44,46,48,50,52);;/q;2*+1/p-2/b12-11+;;. The summed E-state index contributed by atoms with van der Waals surface area (Å²) in [5.41, 5.74) is 2.63. The molecule has 348 valence electrons. The molecular formula is C42H46N12Na2O10S2. The molecule has 6 rings (SSSR count). The van der Waals surface area contributed by atoms with E-state index >= 15 is 0 Å². The maximum Gasteiger partial charge on any atom is 1.00 e. The molecule has 2 aromatic heterocycles. The van der Waals surface area contributed by atoms with Gasteiger partial charge in [0.05, 0.1) is 59.0 Å². The van der Waals surface area contributed by atoms with Crippen LogP contribution in [0.15, 0.2) is 115 Å². The summed E-state index contributed by atoms with van der Waals surface area (Å²) in [4.78, 5) is 40.4. The van der Waals surface area contributed by atoms with Gasteiger partial charge in [0, 0.05) is 26.2 Å². The maximum absolute atomic E-state index is 12.6. The Morgan fingerprint density at radius 3 is 1.22 bits per heavy atom. The monoisotopic (exact) mass is 988 g/mol. The van der Waals surface area contributed by atoms with Crippen LogP contribution in [0.4, 0.5) is 34.6 Å². The second-order valence-electron chi connectivity index (χ2n) is 14.3. The molecular weight excluding hydrogens is 943 g/mol. The summed E-state index contributed by atoms with van der Waals surface area (Å²) in [6.45, 7) is 2.92. The van der Waals surface area contributed by atoms with Gasteiger partial charge in [0.15, 0.2) is 0 Å². The van der Waals surface area contributed by atoms with Crippen LogP contribution in [0, 0.1) is 13.8 Å². The molecule has 68 heavy (non-hydrogen) atoms. The van der Waals surface area contributed by atoms with Gasteiger partial charge in [0.25, 0.3) is 0 Å². The first-order valence-electron chi connectivity index (χ1n) is 20.1. The van der Waals surface area contributed by atoms with Gasteiger partial charge in [-0.15, -0.1) is 0 Å². The molecule has 4 aromatic carbocycles. The molecule has 0 saturated carbocycles. The number of nitrogens with zero attached hydrogens (tertiary/aromatic N) is 8. The van der Waals surface area contributed by atoms with Gasteiger partial charge in [0.1, 0.15) is 20.2 Å². The van der Waals surface area contributed by atoms with Crippen LogP contribution in [-0.4, -0.2) is 129 Å². The Morgan fingerprint density at radius 2 is 0.897 bits per heavy atom. The van der Waals surface area contributed by atoms with Crippen molar-refractivity contribution in [1.82, 2.24) is 29.9 Å². The first-order chi connectivity index (χ1) is 31.6. The number of aromatic nitrogens is 6. The van der Waals surface area contributed by atoms with Crippen LogP contribution in [0.25, 0.3) is 12.2 Å². The van der Waals surface area contributed by atoms with E-state index in [0.29, 0.717) is 11.4 Å². The van der Waals surface area contributed by atoms with Gasteiger partial charge in [0.2, 0.25) is 34.4 Å². The topological polar surface area (TPSA) is 340 Å². The maximum atomic E-state index is 12.6. The Labute approximate surface area is 434 Å². The van der Waals surface area contributed by atoms with Crippen molar-refractivity contribution in [1.29, 1.82) is 0 Å². The van der Waals surface area contributed by atoms with Gasteiger partial charge >= 0.3 is 59.1 Å². The summed E-state index contributed by atoms with van der Waals surface area (Å²) >= 11 is 0. The fourth-order valence-corrected chi connectivity index (χ4v) is 7.76. The average Bonchev–Trinajstić information content (AvgIpc) is 3.27. The van der Waals surface area contributed by atoms with Crippen LogP contribution < -0.4 is 91.4 Å². The molecule has 0 aliphatic carbocycles. The van der Waals surface area contributed by atoms with Crippen LogP contribution in [0.2, 0.25) is 0 Å². The molecule has 0 bridgehead atoms. The van der Waals surface area contributed by atoms with Crippen molar-refractivity contribution < 1.29 is 105 Å². The third kappa shape index (κ3) is 15.3. The molecule has 0 saturated heterocycles. The third-order valence-electron chi connectivity index (χ3n) is 9.56. The number of aryl methyl sites for hydroxylation is 2. The fraction of sp³-hybridized carbons (Fsp3) is 0.238. The fourth-order valence-electron chi connectivity index (χ4n) is 6.38. The first-order valence-corrected chi connectivity index (χ1v) is 22.9. The van der Waals surface area contributed by atoms with Crippen LogP contribution in [0.5, 0.6) is 0 Å². The number of hydrogen-bond acceptors (Lipinski definition) is 18. The van der Waals surface area contributed by atoms with Crippen molar-refractivity contribution in [2.24, 2.45) is 20.0 Å². The Kier molecular flexibility index (Phi) is 21.0. The molecule has 26 heteroatoms. The van der Waals surface area contributed by atoms with E-state index in [2.05, 4.69) is 49.9 Å². The van der Waals surface area contributed by atoms with E-state index in [4.69, 9.17) is 0 Å². The average molecular weight is 989 g/mol. The Bertz CT molecular complexity index is 3020. The van der Waals surface area contributed by atoms with Crippen LogP contribution in [0.1, 0.15) is 22.3 Å². The molecule has 8 N–H and O–H groups in total. The van der Waals surface area contributed by atoms with Gasteiger partial charge in [-0.2, -0.15) is 9.97 Å². The summed E-state index contributed by atoms with van der Waals surface area (Å²) < 4.78 is 75.8. The number of anilines is 2. The molecule has 0 radical (unpaired) electrons. The summed E-state index contributed by atoms with van der Waals surface area (Å²) in [5, 5.41) is 38.7. The minimum Gasteiger partial charge on any atom is -0.744 e. The largest absolute Gasteiger partial charge is 1.00 e. The molecule has 0 fully saturated rings. The molecule has 0 aliphatic rings. The van der Waals surface area contributed by atoms with Gasteiger partial charge in [-0.05, 0) is 72.5 Å². The zero-order chi connectivity index (χ0) is 47.4. The van der Waals surface area contributed by atoms with Crippen molar-refractivity contribution in [3.05, 3.63) is 130 Å². The number of aromatic amines is 4. The summed E-state index contributed by atoms with van der Waals surface area (Å²) in [6, 6.07) is 21.8. The number of benzene rings is 4. The number of nitrogens with one attached hydrogen (secondary N) is 4. The second-order valence-corrected chi connectivity index (χ2v) is 17.0. The van der Waals surface area contributed by atoms with Gasteiger partial charge in [-0.3, -0.25) is 19.9 Å². The Hall–Kier alpha value is -4.90. The predicted molar refractivity (Wildman–Crippen MR) is 240 cm³/mol. The third-order valence-corrected chi connectivity index (χ3v) is 11.3. The van der Waals surface area contributed by atoms with E-state index in [0.717, 1.165) is 35.4 Å². The summed E-state index contributed by atoms with van der Waals surface area (Å²) in [6.07, 6.45) is 2.31. The minimum atomic E-state index is -5.19. The molecule has 2 heterocycles. The summed E-state index contributed by atoms with van der Waals surface area (Å²) in [5.74, 6) is 0.314. The number of para-hydroxylation sites is 2. The normalized spacial score (nSPS) is 12.9. The summed E-state index contributed by atoms with van der Waals surface area (Å²) in [7, 11) is -10.4. The van der Waals surface area contributed by atoms with Crippen molar-refractivity contribution >= 4 is 67.0 Å². The molecule has 0 atom stereocenters. The molecule has 22 nitrogen and oxygen atoms in total.